The van der Waals surface area contributed by atoms with Gasteiger partial charge in [0.25, 0.3) is 0 Å². The van der Waals surface area contributed by atoms with Crippen LogP contribution in [0.15, 0.2) is 0 Å². The van der Waals surface area contributed by atoms with E-state index in [9.17, 15) is 0 Å². The zero-order valence-corrected chi connectivity index (χ0v) is 9.91. The van der Waals surface area contributed by atoms with Crippen molar-refractivity contribution in [3.63, 3.8) is 0 Å². The second-order valence-corrected chi connectivity index (χ2v) is 6.66. The summed E-state index contributed by atoms with van der Waals surface area (Å²) < 4.78 is 0. The summed E-state index contributed by atoms with van der Waals surface area (Å²) in [5, 5.41) is 0. The standard InChI is InChI=1S/C11H24N2/c1-9(2,3)7-10(4,5)8-11(6)12-13-11/h12-13H,7-8H2,1-6H3. The first kappa shape index (κ1) is 11.0. The van der Waals surface area contributed by atoms with E-state index >= 15 is 0 Å². The van der Waals surface area contributed by atoms with Gasteiger partial charge in [-0.2, -0.15) is 0 Å². The van der Waals surface area contributed by atoms with Crippen molar-refractivity contribution in [1.29, 1.82) is 0 Å². The second-order valence-electron chi connectivity index (χ2n) is 6.66. The highest BCUT2D eigenvalue weighted by Gasteiger charge is 2.42. The average molecular weight is 184 g/mol. The molecule has 0 atom stereocenters. The van der Waals surface area contributed by atoms with Crippen LogP contribution in [0.5, 0.6) is 0 Å². The van der Waals surface area contributed by atoms with Gasteiger partial charge in [0.1, 0.15) is 0 Å². The molecule has 2 N–H and O–H groups in total. The zero-order chi connectivity index (χ0) is 10.3. The van der Waals surface area contributed by atoms with Crippen molar-refractivity contribution in [2.45, 2.75) is 60.0 Å². The molecule has 1 saturated heterocycles. The third-order valence-electron chi connectivity index (χ3n) is 2.39. The van der Waals surface area contributed by atoms with Gasteiger partial charge >= 0.3 is 0 Å². The molecule has 0 aromatic rings. The van der Waals surface area contributed by atoms with Crippen molar-refractivity contribution >= 4 is 0 Å². The van der Waals surface area contributed by atoms with Crippen LogP contribution < -0.4 is 10.9 Å². The van der Waals surface area contributed by atoms with Crippen molar-refractivity contribution < 1.29 is 0 Å². The average Bonchev–Trinajstić information content (AvgIpc) is 2.36. The molecule has 0 spiro atoms. The Balaban J connectivity index is 2.46. The lowest BCUT2D eigenvalue weighted by molar-refractivity contribution is 0.182. The number of rotatable bonds is 3. The van der Waals surface area contributed by atoms with Crippen molar-refractivity contribution in [1.82, 2.24) is 10.9 Å². The Kier molecular flexibility index (Phi) is 2.50. The van der Waals surface area contributed by atoms with Gasteiger partial charge in [-0.3, -0.25) is 0 Å². The Labute approximate surface area is 82.5 Å². The van der Waals surface area contributed by atoms with Crippen molar-refractivity contribution in [2.75, 3.05) is 0 Å². The molecular weight excluding hydrogens is 160 g/mol. The van der Waals surface area contributed by atoms with E-state index in [0.29, 0.717) is 10.8 Å². The minimum absolute atomic E-state index is 0.203. The topological polar surface area (TPSA) is 43.9 Å². The van der Waals surface area contributed by atoms with Crippen LogP contribution in [-0.4, -0.2) is 5.66 Å². The molecule has 1 rings (SSSR count). The van der Waals surface area contributed by atoms with Gasteiger partial charge in [0.05, 0.1) is 5.66 Å². The fourth-order valence-electron chi connectivity index (χ4n) is 2.65. The summed E-state index contributed by atoms with van der Waals surface area (Å²) in [5.74, 6) is 0. The number of nitrogens with one attached hydrogen (secondary N) is 2. The predicted octanol–water partition coefficient (Wildman–Crippen LogP) is 2.66. The summed E-state index contributed by atoms with van der Waals surface area (Å²) >= 11 is 0. The largest absolute Gasteiger partial charge is 0.235 e. The van der Waals surface area contributed by atoms with Crippen molar-refractivity contribution in [3.8, 4) is 0 Å². The molecule has 2 nitrogen and oxygen atoms in total. The fourth-order valence-corrected chi connectivity index (χ4v) is 2.65. The van der Waals surface area contributed by atoms with E-state index in [4.69, 9.17) is 0 Å². The highest BCUT2D eigenvalue weighted by Crippen LogP contribution is 2.39. The number of hydrogen-bond acceptors (Lipinski definition) is 2. The minimum atomic E-state index is 0.203. The van der Waals surface area contributed by atoms with Gasteiger partial charge in [0.15, 0.2) is 0 Å². The summed E-state index contributed by atoms with van der Waals surface area (Å²) in [6.07, 6.45) is 2.45. The van der Waals surface area contributed by atoms with E-state index in [1.807, 2.05) is 0 Å². The van der Waals surface area contributed by atoms with Crippen molar-refractivity contribution in [3.05, 3.63) is 0 Å². The van der Waals surface area contributed by atoms with E-state index in [0.717, 1.165) is 0 Å². The molecule has 1 aliphatic rings. The Morgan fingerprint density at radius 1 is 1.00 bits per heavy atom. The predicted molar refractivity (Wildman–Crippen MR) is 57.1 cm³/mol. The molecule has 0 saturated carbocycles. The molecule has 13 heavy (non-hydrogen) atoms. The van der Waals surface area contributed by atoms with Crippen LogP contribution in [0, 0.1) is 10.8 Å². The minimum Gasteiger partial charge on any atom is -0.235 e. The van der Waals surface area contributed by atoms with Crippen LogP contribution in [-0.2, 0) is 0 Å². The van der Waals surface area contributed by atoms with Gasteiger partial charge in [-0.25, -0.2) is 10.9 Å². The summed E-state index contributed by atoms with van der Waals surface area (Å²) in [7, 11) is 0. The molecule has 2 heteroatoms. The first-order chi connectivity index (χ1) is 5.62. The normalized spacial score (nSPS) is 21.7. The molecule has 1 heterocycles. The smallest absolute Gasteiger partial charge is 0.0920 e. The Hall–Kier alpha value is -0.0800. The molecule has 0 radical (unpaired) electrons. The molecule has 78 valence electrons. The Morgan fingerprint density at radius 3 is 1.77 bits per heavy atom. The van der Waals surface area contributed by atoms with Gasteiger partial charge in [0, 0.05) is 0 Å². The molecule has 0 bridgehead atoms. The van der Waals surface area contributed by atoms with E-state index in [2.05, 4.69) is 52.4 Å². The van der Waals surface area contributed by atoms with E-state index in [1.54, 1.807) is 0 Å². The van der Waals surface area contributed by atoms with Crippen LogP contribution in [0.2, 0.25) is 0 Å². The highest BCUT2D eigenvalue weighted by atomic mass is 15.7. The first-order valence-corrected chi connectivity index (χ1v) is 5.16. The Morgan fingerprint density at radius 2 is 1.46 bits per heavy atom. The zero-order valence-electron chi connectivity index (χ0n) is 9.91. The summed E-state index contributed by atoms with van der Waals surface area (Å²) in [4.78, 5) is 0. The summed E-state index contributed by atoms with van der Waals surface area (Å²) in [6, 6.07) is 0. The van der Waals surface area contributed by atoms with Crippen molar-refractivity contribution in [2.24, 2.45) is 10.8 Å². The Bertz CT molecular complexity index is 176. The third kappa shape index (κ3) is 4.10. The van der Waals surface area contributed by atoms with Crippen LogP contribution in [0.25, 0.3) is 0 Å². The van der Waals surface area contributed by atoms with E-state index in [1.165, 1.54) is 12.8 Å². The molecule has 1 fully saturated rings. The second kappa shape index (κ2) is 2.96. The third-order valence-corrected chi connectivity index (χ3v) is 2.39. The molecular formula is C11H24N2. The van der Waals surface area contributed by atoms with E-state index in [-0.39, 0.29) is 5.66 Å². The van der Waals surface area contributed by atoms with Gasteiger partial charge in [-0.1, -0.05) is 34.6 Å². The molecule has 0 aromatic heterocycles. The van der Waals surface area contributed by atoms with Gasteiger partial charge in [-0.15, -0.1) is 0 Å². The van der Waals surface area contributed by atoms with Crippen LogP contribution >= 0.6 is 0 Å². The quantitative estimate of drug-likeness (QED) is 0.662. The maximum absolute atomic E-state index is 3.20. The van der Waals surface area contributed by atoms with Gasteiger partial charge in [-0.05, 0) is 30.6 Å². The van der Waals surface area contributed by atoms with E-state index < -0.39 is 0 Å². The lowest BCUT2D eigenvalue weighted by Crippen LogP contribution is -2.28. The molecule has 0 amide bonds. The molecule has 0 unspecified atom stereocenters. The number of hydrazine groups is 1. The molecule has 0 aliphatic carbocycles. The van der Waals surface area contributed by atoms with Crippen LogP contribution in [0.1, 0.15) is 54.4 Å². The monoisotopic (exact) mass is 184 g/mol. The van der Waals surface area contributed by atoms with Crippen LogP contribution in [0.3, 0.4) is 0 Å². The fraction of sp³-hybridized carbons (Fsp3) is 1.00. The maximum atomic E-state index is 3.20. The van der Waals surface area contributed by atoms with Crippen LogP contribution in [0.4, 0.5) is 0 Å². The lowest BCUT2D eigenvalue weighted by atomic mass is 9.73. The molecule has 0 aromatic carbocycles. The summed E-state index contributed by atoms with van der Waals surface area (Å²) in [6.45, 7) is 13.9. The first-order valence-electron chi connectivity index (χ1n) is 5.16. The highest BCUT2D eigenvalue weighted by molar-refractivity contribution is 4.94. The SMILES string of the molecule is CC(C)(C)CC(C)(C)CC1(C)NN1. The number of hydrogen-bond donors (Lipinski definition) is 2. The maximum Gasteiger partial charge on any atom is 0.0920 e. The summed E-state index contributed by atoms with van der Waals surface area (Å²) in [5.41, 5.74) is 7.44. The van der Waals surface area contributed by atoms with Gasteiger partial charge in [0.2, 0.25) is 0 Å². The lowest BCUT2D eigenvalue weighted by Gasteiger charge is -2.33. The van der Waals surface area contributed by atoms with Gasteiger partial charge < -0.3 is 0 Å². The molecule has 1 aliphatic heterocycles.